The number of aromatic amines is 2. The number of nitrogens with zero attached hydrogens (tertiary/aromatic N) is 6. The highest BCUT2D eigenvalue weighted by Crippen LogP contribution is 2.39. The zero-order valence-electron chi connectivity index (χ0n) is 22.4. The number of piperazine rings is 1. The summed E-state index contributed by atoms with van der Waals surface area (Å²) in [5.74, 6) is 3.11. The van der Waals surface area contributed by atoms with Gasteiger partial charge >= 0.3 is 0 Å². The third kappa shape index (κ3) is 5.68. The van der Waals surface area contributed by atoms with Gasteiger partial charge in [0.2, 0.25) is 0 Å². The number of rotatable bonds is 9. The number of hydrogen-bond acceptors (Lipinski definition) is 7. The van der Waals surface area contributed by atoms with Crippen LogP contribution in [-0.2, 0) is 0 Å². The minimum atomic E-state index is -0.404. The van der Waals surface area contributed by atoms with E-state index >= 15 is 4.39 Å². The van der Waals surface area contributed by atoms with E-state index in [0.717, 1.165) is 35.8 Å². The Labute approximate surface area is 231 Å². The molecule has 0 unspecified atom stereocenters. The van der Waals surface area contributed by atoms with E-state index in [9.17, 15) is 0 Å². The molecule has 1 saturated carbocycles. The number of aryl methyl sites for hydroxylation is 1. The maximum absolute atomic E-state index is 15.1. The van der Waals surface area contributed by atoms with E-state index in [1.165, 1.54) is 12.8 Å². The normalized spacial score (nSPS) is 16.4. The lowest BCUT2D eigenvalue weighted by Gasteiger charge is -2.36. The van der Waals surface area contributed by atoms with Crippen LogP contribution in [0.1, 0.15) is 30.1 Å². The highest BCUT2D eigenvalue weighted by Gasteiger charge is 2.26. The van der Waals surface area contributed by atoms with Crippen LogP contribution in [0.4, 0.5) is 16.0 Å². The Bertz CT molecular complexity index is 1550. The molecule has 3 N–H and O–H groups in total. The fraction of sp³-hybridized carbons (Fsp3) is 0.310. The fourth-order valence-corrected chi connectivity index (χ4v) is 4.89. The zero-order chi connectivity index (χ0) is 27.5. The van der Waals surface area contributed by atoms with Crippen LogP contribution in [0.15, 0.2) is 70.5 Å². The summed E-state index contributed by atoms with van der Waals surface area (Å²) in [6, 6.07) is 13.1. The number of amidine groups is 1. The van der Waals surface area contributed by atoms with Gasteiger partial charge in [-0.05, 0) is 56.8 Å². The number of aliphatic imine (C=N–C) groups is 2. The van der Waals surface area contributed by atoms with Crippen molar-refractivity contribution < 1.29 is 9.13 Å². The van der Waals surface area contributed by atoms with Crippen molar-refractivity contribution in [1.29, 1.82) is 0 Å². The van der Waals surface area contributed by atoms with Gasteiger partial charge in [-0.25, -0.2) is 19.4 Å². The van der Waals surface area contributed by atoms with E-state index in [0.29, 0.717) is 41.9 Å². The number of ether oxygens (including phenoxy) is 1. The van der Waals surface area contributed by atoms with Crippen molar-refractivity contribution >= 4 is 35.1 Å². The Hall–Kier alpha value is -4.67. The van der Waals surface area contributed by atoms with Crippen molar-refractivity contribution in [2.75, 3.05) is 43.1 Å². The summed E-state index contributed by atoms with van der Waals surface area (Å²) < 4.78 is 20.9. The van der Waals surface area contributed by atoms with Crippen LogP contribution in [0.3, 0.4) is 0 Å². The summed E-state index contributed by atoms with van der Waals surface area (Å²) in [6.45, 7) is 8.56. The van der Waals surface area contributed by atoms with Crippen molar-refractivity contribution in [2.45, 2.75) is 25.7 Å². The zero-order valence-corrected chi connectivity index (χ0v) is 22.4. The fourth-order valence-electron chi connectivity index (χ4n) is 4.89. The molecule has 1 aromatic carbocycles. The first-order valence-corrected chi connectivity index (χ1v) is 13.4. The van der Waals surface area contributed by atoms with Gasteiger partial charge in [0.1, 0.15) is 17.5 Å². The second-order valence-corrected chi connectivity index (χ2v) is 10.0. The minimum Gasteiger partial charge on any atom is -0.468 e. The van der Waals surface area contributed by atoms with E-state index in [4.69, 9.17) is 9.73 Å². The van der Waals surface area contributed by atoms with Crippen LogP contribution in [-0.4, -0.2) is 70.5 Å². The molecule has 4 aromatic rings. The molecule has 3 aromatic heterocycles. The van der Waals surface area contributed by atoms with Gasteiger partial charge in [0.25, 0.3) is 0 Å². The molecule has 0 spiro atoms. The predicted octanol–water partition coefficient (Wildman–Crippen LogP) is 4.82. The van der Waals surface area contributed by atoms with E-state index in [1.54, 1.807) is 18.3 Å². The average Bonchev–Trinajstić information content (AvgIpc) is 3.60. The van der Waals surface area contributed by atoms with Gasteiger partial charge in [0.05, 0.1) is 0 Å². The van der Waals surface area contributed by atoms with Crippen LogP contribution in [0.25, 0.3) is 10.9 Å². The van der Waals surface area contributed by atoms with Gasteiger partial charge < -0.3 is 24.8 Å². The molecule has 6 rings (SSSR count). The molecule has 0 amide bonds. The van der Waals surface area contributed by atoms with Crippen molar-refractivity contribution in [3.63, 3.8) is 0 Å². The maximum Gasteiger partial charge on any atom is 0.181 e. The quantitative estimate of drug-likeness (QED) is 0.207. The third-order valence-electron chi connectivity index (χ3n) is 7.17. The van der Waals surface area contributed by atoms with Crippen molar-refractivity contribution in [3.8, 4) is 5.75 Å². The van der Waals surface area contributed by atoms with Gasteiger partial charge in [-0.3, -0.25) is 5.10 Å². The van der Waals surface area contributed by atoms with E-state index in [-0.39, 0.29) is 12.5 Å². The summed E-state index contributed by atoms with van der Waals surface area (Å²) in [7, 11) is 0. The first-order chi connectivity index (χ1) is 19.6. The molecular weight excluding hydrogens is 509 g/mol. The number of aromatic nitrogens is 4. The van der Waals surface area contributed by atoms with Crippen LogP contribution in [0.2, 0.25) is 0 Å². The number of benzene rings is 1. The minimum absolute atomic E-state index is 0.0588. The van der Waals surface area contributed by atoms with Gasteiger partial charge in [0, 0.05) is 72.7 Å². The smallest absolute Gasteiger partial charge is 0.181 e. The van der Waals surface area contributed by atoms with Crippen LogP contribution < -0.4 is 15.0 Å². The molecule has 11 heteroatoms. The maximum atomic E-state index is 15.1. The molecule has 10 nitrogen and oxygen atoms in total. The summed E-state index contributed by atoms with van der Waals surface area (Å²) in [6.07, 6.45) is 6.00. The lowest BCUT2D eigenvalue weighted by atomic mass is 10.2. The van der Waals surface area contributed by atoms with E-state index in [2.05, 4.69) is 47.0 Å². The largest absolute Gasteiger partial charge is 0.468 e. The average molecular weight is 542 g/mol. The van der Waals surface area contributed by atoms with Crippen LogP contribution in [0, 0.1) is 12.7 Å². The molecule has 1 saturated heterocycles. The van der Waals surface area contributed by atoms with Crippen LogP contribution in [0.5, 0.6) is 5.75 Å². The number of nitrogens with one attached hydrogen (secondary N) is 3. The van der Waals surface area contributed by atoms with Gasteiger partial charge in [-0.2, -0.15) is 5.10 Å². The van der Waals surface area contributed by atoms with Gasteiger partial charge in [-0.15, -0.1) is 0 Å². The Morgan fingerprint density at radius 2 is 2.05 bits per heavy atom. The number of anilines is 2. The standard InChI is InChI=1S/C29H32FN9O/c1-19-15-21-22(34-19)8-9-24(29(21)30)40-18-33-28(39-13-11-38(12-14-39)27-5-3-4-10-32-27)17-25(31-2)35-26-16-23(36-37-26)20-6-7-20/h3-5,8-10,15-17,20,34H,2,6-7,11-14,18H2,1H3,(H2,35,36,37)/b25-17+,33-28+. The summed E-state index contributed by atoms with van der Waals surface area (Å²) in [5, 5.41) is 11.2. The highest BCUT2D eigenvalue weighted by atomic mass is 19.1. The molecule has 4 heterocycles. The lowest BCUT2D eigenvalue weighted by molar-refractivity contribution is 0.309. The molecule has 40 heavy (non-hydrogen) atoms. The summed E-state index contributed by atoms with van der Waals surface area (Å²) in [5.41, 5.74) is 2.74. The van der Waals surface area contributed by atoms with E-state index in [1.807, 2.05) is 43.3 Å². The Morgan fingerprint density at radius 3 is 2.80 bits per heavy atom. The third-order valence-corrected chi connectivity index (χ3v) is 7.17. The Balaban J connectivity index is 1.21. The molecule has 0 radical (unpaired) electrons. The second-order valence-electron chi connectivity index (χ2n) is 10.0. The summed E-state index contributed by atoms with van der Waals surface area (Å²) >= 11 is 0. The van der Waals surface area contributed by atoms with Gasteiger partial charge in [0.15, 0.2) is 24.1 Å². The Kier molecular flexibility index (Phi) is 7.17. The predicted molar refractivity (Wildman–Crippen MR) is 156 cm³/mol. The SMILES string of the molecule is C=N/C(=C\C(=N/COc1ccc2[nH]c(C)cc2c1F)N1CCN(c2ccccn2)CC1)Nc1cc(C2CC2)[nH]n1. The van der Waals surface area contributed by atoms with Gasteiger partial charge in [-0.1, -0.05) is 6.07 Å². The second kappa shape index (κ2) is 11.2. The Morgan fingerprint density at radius 1 is 1.20 bits per heavy atom. The number of hydrogen-bond donors (Lipinski definition) is 3. The molecule has 206 valence electrons. The monoisotopic (exact) mass is 541 g/mol. The molecule has 0 atom stereocenters. The van der Waals surface area contributed by atoms with Crippen molar-refractivity contribution in [1.82, 2.24) is 25.1 Å². The molecule has 1 aliphatic heterocycles. The van der Waals surface area contributed by atoms with Crippen LogP contribution >= 0.6 is 0 Å². The van der Waals surface area contributed by atoms with Crippen molar-refractivity contribution in [3.05, 3.63) is 77.8 Å². The first-order valence-electron chi connectivity index (χ1n) is 13.4. The lowest BCUT2D eigenvalue weighted by Crippen LogP contribution is -2.48. The number of pyridine rings is 1. The number of H-pyrrole nitrogens is 2. The number of halogens is 1. The number of fused-ring (bicyclic) bond motifs is 1. The first kappa shape index (κ1) is 25.6. The molecule has 2 aliphatic rings. The molecule has 2 fully saturated rings. The topological polar surface area (TPSA) is 110 Å². The molecule has 1 aliphatic carbocycles. The highest BCUT2D eigenvalue weighted by molar-refractivity contribution is 5.94. The van der Waals surface area contributed by atoms with E-state index < -0.39 is 5.82 Å². The molecular formula is C29H32FN9O. The molecule has 0 bridgehead atoms. The van der Waals surface area contributed by atoms with Crippen molar-refractivity contribution in [2.24, 2.45) is 9.98 Å². The summed E-state index contributed by atoms with van der Waals surface area (Å²) in [4.78, 5) is 20.9.